The van der Waals surface area contributed by atoms with E-state index in [-0.39, 0.29) is 17.9 Å². The third kappa shape index (κ3) is 2.54. The second-order valence-corrected chi connectivity index (χ2v) is 4.33. The number of rotatable bonds is 3. The molecule has 1 aliphatic rings. The Hall–Kier alpha value is -1.65. The number of amides is 1. The first-order chi connectivity index (χ1) is 8.22. The lowest BCUT2D eigenvalue weighted by Gasteiger charge is -2.24. The van der Waals surface area contributed by atoms with E-state index in [1.165, 1.54) is 0 Å². The molecule has 2 N–H and O–H groups in total. The molecule has 1 atom stereocenters. The molecule has 2 rings (SSSR count). The number of nitrogens with two attached hydrogens (primary N) is 1. The minimum Gasteiger partial charge on any atom is -0.368 e. The van der Waals surface area contributed by atoms with E-state index in [2.05, 4.69) is 9.97 Å². The topological polar surface area (TPSA) is 72.1 Å². The molecule has 0 radical (unpaired) electrons. The van der Waals surface area contributed by atoms with Crippen LogP contribution >= 0.6 is 0 Å². The first-order valence-corrected chi connectivity index (χ1v) is 6.10. The van der Waals surface area contributed by atoms with Crippen LogP contribution in [0.1, 0.15) is 44.3 Å². The van der Waals surface area contributed by atoms with Gasteiger partial charge in [-0.2, -0.15) is 0 Å². The highest BCUT2D eigenvalue weighted by atomic mass is 16.2. The van der Waals surface area contributed by atoms with Gasteiger partial charge in [0.1, 0.15) is 0 Å². The molecule has 5 nitrogen and oxygen atoms in total. The Morgan fingerprint density at radius 2 is 2.47 bits per heavy atom. The van der Waals surface area contributed by atoms with Crippen LogP contribution in [0.2, 0.25) is 0 Å². The molecule has 0 unspecified atom stereocenters. The number of carbonyl (C=O) groups is 1. The van der Waals surface area contributed by atoms with Crippen LogP contribution in [0.4, 0.5) is 5.95 Å². The van der Waals surface area contributed by atoms with Gasteiger partial charge in [-0.3, -0.25) is 4.79 Å². The molecule has 1 fully saturated rings. The molecule has 0 bridgehead atoms. The van der Waals surface area contributed by atoms with Gasteiger partial charge < -0.3 is 10.6 Å². The molecule has 5 heteroatoms. The molecule has 0 spiro atoms. The van der Waals surface area contributed by atoms with E-state index >= 15 is 0 Å². The summed E-state index contributed by atoms with van der Waals surface area (Å²) in [5, 5.41) is 0. The van der Waals surface area contributed by atoms with Crippen molar-refractivity contribution in [2.24, 2.45) is 0 Å². The second-order valence-electron chi connectivity index (χ2n) is 4.33. The highest BCUT2D eigenvalue weighted by molar-refractivity contribution is 5.76. The van der Waals surface area contributed by atoms with Crippen LogP contribution in [0.3, 0.4) is 0 Å². The molecule has 1 aromatic rings. The van der Waals surface area contributed by atoms with Crippen molar-refractivity contribution in [2.75, 3.05) is 12.3 Å². The molecule has 1 aliphatic heterocycles. The quantitative estimate of drug-likeness (QED) is 0.860. The van der Waals surface area contributed by atoms with Crippen molar-refractivity contribution in [3.8, 4) is 0 Å². The average Bonchev–Trinajstić information content (AvgIpc) is 2.78. The van der Waals surface area contributed by atoms with Crippen molar-refractivity contribution in [2.45, 2.75) is 38.6 Å². The average molecular weight is 234 g/mol. The van der Waals surface area contributed by atoms with E-state index in [1.54, 1.807) is 6.20 Å². The summed E-state index contributed by atoms with van der Waals surface area (Å²) in [6.45, 7) is 2.85. The number of aromatic nitrogens is 2. The summed E-state index contributed by atoms with van der Waals surface area (Å²) in [5.74, 6) is 0.490. The molecule has 2 heterocycles. The molecule has 92 valence electrons. The highest BCUT2D eigenvalue weighted by Crippen LogP contribution is 2.31. The van der Waals surface area contributed by atoms with Gasteiger partial charge in [0, 0.05) is 19.2 Å². The van der Waals surface area contributed by atoms with Gasteiger partial charge in [0.2, 0.25) is 11.9 Å². The molecule has 1 saturated heterocycles. The van der Waals surface area contributed by atoms with Crippen LogP contribution in [-0.4, -0.2) is 27.3 Å². The molecular weight excluding hydrogens is 216 g/mol. The zero-order valence-electron chi connectivity index (χ0n) is 10.1. The number of carbonyl (C=O) groups excluding carboxylic acids is 1. The number of likely N-dealkylation sites (tertiary alicyclic amines) is 1. The van der Waals surface area contributed by atoms with Crippen molar-refractivity contribution in [1.82, 2.24) is 14.9 Å². The molecule has 0 saturated carbocycles. The predicted molar refractivity (Wildman–Crippen MR) is 65.0 cm³/mol. The van der Waals surface area contributed by atoms with Crippen LogP contribution < -0.4 is 5.73 Å². The van der Waals surface area contributed by atoms with Crippen LogP contribution in [0.15, 0.2) is 12.3 Å². The second kappa shape index (κ2) is 5.12. The van der Waals surface area contributed by atoms with Crippen molar-refractivity contribution >= 4 is 11.9 Å². The zero-order chi connectivity index (χ0) is 12.3. The summed E-state index contributed by atoms with van der Waals surface area (Å²) in [4.78, 5) is 22.0. The van der Waals surface area contributed by atoms with Crippen molar-refractivity contribution < 1.29 is 4.79 Å². The third-order valence-corrected chi connectivity index (χ3v) is 3.07. The minimum atomic E-state index is 0.0827. The van der Waals surface area contributed by atoms with Crippen LogP contribution in [0, 0.1) is 0 Å². The number of hydrogen-bond donors (Lipinski definition) is 1. The van der Waals surface area contributed by atoms with Crippen molar-refractivity contribution in [3.63, 3.8) is 0 Å². The van der Waals surface area contributed by atoms with Crippen LogP contribution in [-0.2, 0) is 4.79 Å². The smallest absolute Gasteiger partial charge is 0.223 e. The number of anilines is 1. The summed E-state index contributed by atoms with van der Waals surface area (Å²) in [5.41, 5.74) is 6.44. The number of nitrogen functional groups attached to an aromatic ring is 1. The van der Waals surface area contributed by atoms with Gasteiger partial charge in [0.05, 0.1) is 11.7 Å². The Morgan fingerprint density at radius 3 is 3.18 bits per heavy atom. The molecular formula is C12H18N4O. The maximum Gasteiger partial charge on any atom is 0.223 e. The summed E-state index contributed by atoms with van der Waals surface area (Å²) in [7, 11) is 0. The Morgan fingerprint density at radius 1 is 1.65 bits per heavy atom. The molecule has 0 aromatic carbocycles. The fourth-order valence-electron chi connectivity index (χ4n) is 2.30. The fourth-order valence-corrected chi connectivity index (χ4v) is 2.30. The summed E-state index contributed by atoms with van der Waals surface area (Å²) in [6, 6.07) is 1.93. The summed E-state index contributed by atoms with van der Waals surface area (Å²) in [6.07, 6.45) is 5.14. The highest BCUT2D eigenvalue weighted by Gasteiger charge is 2.30. The Labute approximate surface area is 101 Å². The van der Waals surface area contributed by atoms with Gasteiger partial charge in [-0.15, -0.1) is 0 Å². The number of nitrogens with zero attached hydrogens (tertiary/aromatic N) is 3. The monoisotopic (exact) mass is 234 g/mol. The maximum atomic E-state index is 12.0. The Kier molecular flexibility index (Phi) is 3.56. The first-order valence-electron chi connectivity index (χ1n) is 6.10. The predicted octanol–water partition coefficient (Wildman–Crippen LogP) is 1.52. The Bertz CT molecular complexity index is 407. The van der Waals surface area contributed by atoms with Crippen LogP contribution in [0.5, 0.6) is 0 Å². The van der Waals surface area contributed by atoms with Gasteiger partial charge in [0.15, 0.2) is 0 Å². The van der Waals surface area contributed by atoms with E-state index in [9.17, 15) is 4.79 Å². The SMILES string of the molecule is CCCC(=O)N1CCC[C@@H]1c1ccnc(N)n1. The standard InChI is InChI=1S/C12H18N4O/c1-2-4-11(17)16-8-3-5-10(16)9-6-7-14-12(13)15-9/h6-7,10H,2-5,8H2,1H3,(H2,13,14,15)/t10-/m1/s1. The van der Waals surface area contributed by atoms with E-state index < -0.39 is 0 Å². The van der Waals surface area contributed by atoms with E-state index in [0.29, 0.717) is 6.42 Å². The van der Waals surface area contributed by atoms with E-state index in [4.69, 9.17) is 5.73 Å². The van der Waals surface area contributed by atoms with Crippen LogP contribution in [0.25, 0.3) is 0 Å². The molecule has 0 aliphatic carbocycles. The van der Waals surface area contributed by atoms with Crippen molar-refractivity contribution in [1.29, 1.82) is 0 Å². The van der Waals surface area contributed by atoms with Gasteiger partial charge >= 0.3 is 0 Å². The largest absolute Gasteiger partial charge is 0.368 e. The van der Waals surface area contributed by atoms with Gasteiger partial charge in [0.25, 0.3) is 0 Å². The first kappa shape index (κ1) is 11.8. The van der Waals surface area contributed by atoms with Gasteiger partial charge in [-0.05, 0) is 25.3 Å². The van der Waals surface area contributed by atoms with E-state index in [1.807, 2.05) is 17.9 Å². The fraction of sp³-hybridized carbons (Fsp3) is 0.583. The lowest BCUT2D eigenvalue weighted by atomic mass is 10.1. The molecule has 1 aromatic heterocycles. The maximum absolute atomic E-state index is 12.0. The van der Waals surface area contributed by atoms with Gasteiger partial charge in [-0.1, -0.05) is 6.92 Å². The van der Waals surface area contributed by atoms with E-state index in [0.717, 1.165) is 31.5 Å². The summed E-state index contributed by atoms with van der Waals surface area (Å²) >= 11 is 0. The lowest BCUT2D eigenvalue weighted by Crippen LogP contribution is -2.30. The minimum absolute atomic E-state index is 0.0827. The zero-order valence-corrected chi connectivity index (χ0v) is 10.1. The van der Waals surface area contributed by atoms with Crippen molar-refractivity contribution in [3.05, 3.63) is 18.0 Å². The normalized spacial score (nSPS) is 19.6. The third-order valence-electron chi connectivity index (χ3n) is 3.07. The molecule has 17 heavy (non-hydrogen) atoms. The Balaban J connectivity index is 2.17. The summed E-state index contributed by atoms with van der Waals surface area (Å²) < 4.78 is 0. The molecule has 1 amide bonds. The number of hydrogen-bond acceptors (Lipinski definition) is 4. The lowest BCUT2D eigenvalue weighted by molar-refractivity contribution is -0.132. The van der Waals surface area contributed by atoms with Gasteiger partial charge in [-0.25, -0.2) is 9.97 Å².